The summed E-state index contributed by atoms with van der Waals surface area (Å²) >= 11 is 0. The number of benzene rings is 3. The second-order valence-corrected chi connectivity index (χ2v) is 9.43. The third kappa shape index (κ3) is 4.14. The van der Waals surface area contributed by atoms with Crippen LogP contribution in [0.5, 0.6) is 5.75 Å². The minimum absolute atomic E-state index is 0.177. The number of nitrogens with two attached hydrogens (primary N) is 1. The molecule has 0 spiro atoms. The molecule has 6 rings (SSSR count). The molecule has 0 unspecified atom stereocenters. The van der Waals surface area contributed by atoms with Crippen LogP contribution in [0.1, 0.15) is 47.6 Å². The van der Waals surface area contributed by atoms with E-state index in [1.807, 2.05) is 65.3 Å². The van der Waals surface area contributed by atoms with Gasteiger partial charge < -0.3 is 15.8 Å². The molecule has 0 aliphatic heterocycles. The van der Waals surface area contributed by atoms with Gasteiger partial charge in [0.05, 0.1) is 24.1 Å². The lowest BCUT2D eigenvalue weighted by Gasteiger charge is -2.12. The van der Waals surface area contributed by atoms with Gasteiger partial charge in [-0.05, 0) is 35.2 Å². The summed E-state index contributed by atoms with van der Waals surface area (Å²) in [6.45, 7) is 0.383. The molecule has 1 amide bonds. The summed E-state index contributed by atoms with van der Waals surface area (Å²) < 4.78 is 7.51. The number of carbonyl (C=O) groups excluding carboxylic acids is 1. The molecular formula is C29H28N6O2. The molecule has 0 saturated heterocycles. The molecule has 5 aromatic rings. The van der Waals surface area contributed by atoms with Crippen LogP contribution >= 0.6 is 0 Å². The maximum atomic E-state index is 13.2. The van der Waals surface area contributed by atoms with E-state index < -0.39 is 0 Å². The van der Waals surface area contributed by atoms with Crippen molar-refractivity contribution in [1.82, 2.24) is 25.1 Å². The number of nitrogens with one attached hydrogen (secondary N) is 1. The number of hydrogen-bond acceptors (Lipinski definition) is 6. The fraction of sp³-hybridized carbons (Fsp3) is 0.241. The number of nitrogen functional groups attached to an aromatic ring is 1. The normalized spacial score (nSPS) is 13.9. The first kappa shape index (κ1) is 23.0. The molecule has 1 aliphatic rings. The van der Waals surface area contributed by atoms with Crippen LogP contribution in [-0.2, 0) is 6.54 Å². The summed E-state index contributed by atoms with van der Waals surface area (Å²) in [6, 6.07) is 19.9. The van der Waals surface area contributed by atoms with Crippen LogP contribution in [0.25, 0.3) is 33.1 Å². The molecule has 8 nitrogen and oxygen atoms in total. The Bertz CT molecular complexity index is 1600. The summed E-state index contributed by atoms with van der Waals surface area (Å²) in [5.41, 5.74) is 10.3. The zero-order chi connectivity index (χ0) is 25.4. The standard InChI is InChI=1S/C29H28N6O2/c1-37-23-15-14-19-6-2-5-9-22(19)24(23)29(36)31-16-18-10-12-20(13-11-18)26-25-27(30)32-17-33-28(25)35(34-26)21-7-3-4-8-21/h2,5-6,9-15,17,21H,3-4,7-8,16H2,1H3,(H,31,36)(H2,30,32,33). The number of methoxy groups -OCH3 is 1. The average molecular weight is 493 g/mol. The third-order valence-electron chi connectivity index (χ3n) is 7.21. The number of rotatable bonds is 6. The van der Waals surface area contributed by atoms with Crippen molar-refractivity contribution in [2.24, 2.45) is 0 Å². The molecule has 0 radical (unpaired) electrons. The molecule has 37 heavy (non-hydrogen) atoms. The van der Waals surface area contributed by atoms with Crippen molar-refractivity contribution in [3.05, 3.63) is 78.1 Å². The van der Waals surface area contributed by atoms with Gasteiger partial charge in [-0.15, -0.1) is 0 Å². The van der Waals surface area contributed by atoms with Crippen LogP contribution in [-0.4, -0.2) is 32.8 Å². The van der Waals surface area contributed by atoms with E-state index in [0.29, 0.717) is 29.7 Å². The lowest BCUT2D eigenvalue weighted by Crippen LogP contribution is -2.23. The van der Waals surface area contributed by atoms with Gasteiger partial charge in [0.25, 0.3) is 5.91 Å². The van der Waals surface area contributed by atoms with Gasteiger partial charge in [0, 0.05) is 12.1 Å². The van der Waals surface area contributed by atoms with Crippen molar-refractivity contribution >= 4 is 33.5 Å². The molecule has 3 aromatic carbocycles. The van der Waals surface area contributed by atoms with Crippen LogP contribution in [0.4, 0.5) is 5.82 Å². The lowest BCUT2D eigenvalue weighted by molar-refractivity contribution is 0.0949. The molecule has 8 heteroatoms. The maximum absolute atomic E-state index is 13.2. The molecule has 0 bridgehead atoms. The van der Waals surface area contributed by atoms with Crippen LogP contribution in [0.3, 0.4) is 0 Å². The molecule has 186 valence electrons. The molecule has 0 atom stereocenters. The summed E-state index contributed by atoms with van der Waals surface area (Å²) in [5.74, 6) is 0.810. The largest absolute Gasteiger partial charge is 0.496 e. The summed E-state index contributed by atoms with van der Waals surface area (Å²) in [6.07, 6.45) is 6.10. The minimum Gasteiger partial charge on any atom is -0.496 e. The van der Waals surface area contributed by atoms with Gasteiger partial charge in [0.1, 0.15) is 23.6 Å². The highest BCUT2D eigenvalue weighted by Crippen LogP contribution is 2.36. The first-order valence-corrected chi connectivity index (χ1v) is 12.6. The Hall–Kier alpha value is -4.46. The highest BCUT2D eigenvalue weighted by Gasteiger charge is 2.24. The highest BCUT2D eigenvalue weighted by atomic mass is 16.5. The molecule has 3 N–H and O–H groups in total. The maximum Gasteiger partial charge on any atom is 0.255 e. The summed E-state index contributed by atoms with van der Waals surface area (Å²) in [7, 11) is 1.58. The van der Waals surface area contributed by atoms with E-state index in [1.165, 1.54) is 19.2 Å². The highest BCUT2D eigenvalue weighted by molar-refractivity contribution is 6.09. The number of anilines is 1. The Labute approximate surface area is 214 Å². The molecule has 1 saturated carbocycles. The average Bonchev–Trinajstić information content (AvgIpc) is 3.60. The smallest absolute Gasteiger partial charge is 0.255 e. The molecule has 2 heterocycles. The Morgan fingerprint density at radius 3 is 2.62 bits per heavy atom. The summed E-state index contributed by atoms with van der Waals surface area (Å²) in [4.78, 5) is 21.9. The molecule has 1 aliphatic carbocycles. The van der Waals surface area contributed by atoms with Gasteiger partial charge in [0.15, 0.2) is 5.65 Å². The molecular weight excluding hydrogens is 464 g/mol. The van der Waals surface area contributed by atoms with Crippen LogP contribution < -0.4 is 15.8 Å². The van der Waals surface area contributed by atoms with Crippen LogP contribution in [0.2, 0.25) is 0 Å². The second-order valence-electron chi connectivity index (χ2n) is 9.43. The van der Waals surface area contributed by atoms with Crippen molar-refractivity contribution in [2.75, 3.05) is 12.8 Å². The number of carbonyl (C=O) groups is 1. The van der Waals surface area contributed by atoms with Crippen molar-refractivity contribution in [2.45, 2.75) is 38.3 Å². The van der Waals surface area contributed by atoms with Gasteiger partial charge in [-0.3, -0.25) is 4.79 Å². The Kier molecular flexibility index (Phi) is 5.92. The topological polar surface area (TPSA) is 108 Å². The Balaban J connectivity index is 1.26. The first-order chi connectivity index (χ1) is 18.1. The quantitative estimate of drug-likeness (QED) is 0.334. The minimum atomic E-state index is -0.177. The lowest BCUT2D eigenvalue weighted by atomic mass is 10.0. The number of ether oxygens (including phenoxy) is 1. The van der Waals surface area contributed by atoms with E-state index in [4.69, 9.17) is 15.6 Å². The van der Waals surface area contributed by atoms with E-state index >= 15 is 0 Å². The number of amides is 1. The van der Waals surface area contributed by atoms with E-state index in [-0.39, 0.29) is 5.91 Å². The third-order valence-corrected chi connectivity index (χ3v) is 7.21. The molecule has 2 aromatic heterocycles. The van der Waals surface area contributed by atoms with Crippen molar-refractivity contribution in [1.29, 1.82) is 0 Å². The molecule has 1 fully saturated rings. The summed E-state index contributed by atoms with van der Waals surface area (Å²) in [5, 5.41) is 10.6. The van der Waals surface area contributed by atoms with Gasteiger partial charge in [-0.2, -0.15) is 5.10 Å². The number of nitrogens with zero attached hydrogens (tertiary/aromatic N) is 4. The Morgan fingerprint density at radius 2 is 1.84 bits per heavy atom. The number of hydrogen-bond donors (Lipinski definition) is 2. The van der Waals surface area contributed by atoms with Crippen LogP contribution in [0.15, 0.2) is 67.0 Å². The van der Waals surface area contributed by atoms with Gasteiger partial charge in [-0.1, -0.05) is 67.4 Å². The van der Waals surface area contributed by atoms with Crippen molar-refractivity contribution < 1.29 is 9.53 Å². The fourth-order valence-corrected chi connectivity index (χ4v) is 5.31. The zero-order valence-electron chi connectivity index (χ0n) is 20.6. The van der Waals surface area contributed by atoms with E-state index in [9.17, 15) is 4.79 Å². The zero-order valence-corrected chi connectivity index (χ0v) is 20.6. The predicted molar refractivity (Wildman–Crippen MR) is 144 cm³/mol. The predicted octanol–water partition coefficient (Wildman–Crippen LogP) is 5.28. The second kappa shape index (κ2) is 9.54. The Morgan fingerprint density at radius 1 is 1.05 bits per heavy atom. The van der Waals surface area contributed by atoms with E-state index in [1.54, 1.807) is 7.11 Å². The number of aromatic nitrogens is 4. The van der Waals surface area contributed by atoms with Crippen LogP contribution in [0, 0.1) is 0 Å². The monoisotopic (exact) mass is 492 g/mol. The van der Waals surface area contributed by atoms with Gasteiger partial charge >= 0.3 is 0 Å². The van der Waals surface area contributed by atoms with Crippen molar-refractivity contribution in [3.63, 3.8) is 0 Å². The SMILES string of the molecule is COc1ccc2ccccc2c1C(=O)NCc1ccc(-c2nn(C3CCCC3)c3ncnc(N)c23)cc1. The van der Waals surface area contributed by atoms with Gasteiger partial charge in [0.2, 0.25) is 0 Å². The number of fused-ring (bicyclic) bond motifs is 2. The fourth-order valence-electron chi connectivity index (χ4n) is 5.31. The van der Waals surface area contributed by atoms with Crippen molar-refractivity contribution in [3.8, 4) is 17.0 Å². The van der Waals surface area contributed by atoms with Gasteiger partial charge in [-0.25, -0.2) is 14.6 Å². The van der Waals surface area contributed by atoms with E-state index in [0.717, 1.165) is 51.5 Å². The first-order valence-electron chi connectivity index (χ1n) is 12.6. The van der Waals surface area contributed by atoms with E-state index in [2.05, 4.69) is 15.3 Å².